The number of hydrogen-bond donors (Lipinski definition) is 1. The highest BCUT2D eigenvalue weighted by molar-refractivity contribution is 5.87. The van der Waals surface area contributed by atoms with Gasteiger partial charge in [0.2, 0.25) is 11.8 Å². The second-order valence-corrected chi connectivity index (χ2v) is 3.52. The molecule has 0 unspecified atom stereocenters. The summed E-state index contributed by atoms with van der Waals surface area (Å²) in [7, 11) is 1.57. The van der Waals surface area contributed by atoms with Gasteiger partial charge in [-0.25, -0.2) is 0 Å². The van der Waals surface area contributed by atoms with Crippen LogP contribution in [-0.2, 0) is 14.4 Å². The molecule has 0 aromatic rings. The second kappa shape index (κ2) is 4.77. The Bertz CT molecular complexity index is 288. The van der Waals surface area contributed by atoms with Gasteiger partial charge in [-0.05, 0) is 0 Å². The van der Waals surface area contributed by atoms with E-state index in [0.29, 0.717) is 6.54 Å². The molecule has 0 bridgehead atoms. The van der Waals surface area contributed by atoms with Crippen LogP contribution < -0.4 is 0 Å². The molecule has 0 aliphatic carbocycles. The van der Waals surface area contributed by atoms with Crippen LogP contribution in [-0.4, -0.2) is 59.4 Å². The largest absolute Gasteiger partial charge is 0.481 e. The van der Waals surface area contributed by atoms with Gasteiger partial charge in [0.15, 0.2) is 0 Å². The lowest BCUT2D eigenvalue weighted by Crippen LogP contribution is -2.37. The van der Waals surface area contributed by atoms with Crippen molar-refractivity contribution in [2.45, 2.75) is 12.8 Å². The molecule has 1 aliphatic rings. The van der Waals surface area contributed by atoms with Gasteiger partial charge in [0.25, 0.3) is 0 Å². The van der Waals surface area contributed by atoms with Crippen LogP contribution in [0.3, 0.4) is 0 Å². The molecule has 1 aliphatic heterocycles. The molecule has 15 heavy (non-hydrogen) atoms. The minimum Gasteiger partial charge on any atom is -0.481 e. The van der Waals surface area contributed by atoms with E-state index >= 15 is 0 Å². The van der Waals surface area contributed by atoms with Crippen molar-refractivity contribution >= 4 is 17.8 Å². The molecule has 1 fully saturated rings. The highest BCUT2D eigenvalue weighted by atomic mass is 16.4. The number of aliphatic carboxylic acids is 1. The van der Waals surface area contributed by atoms with Gasteiger partial charge in [-0.15, -0.1) is 0 Å². The van der Waals surface area contributed by atoms with Crippen molar-refractivity contribution in [3.05, 3.63) is 0 Å². The van der Waals surface area contributed by atoms with Gasteiger partial charge in [0.1, 0.15) is 0 Å². The third-order valence-corrected chi connectivity index (χ3v) is 2.34. The lowest BCUT2D eigenvalue weighted by atomic mass is 10.3. The molecule has 1 saturated heterocycles. The molecule has 1 N–H and O–H groups in total. The summed E-state index contributed by atoms with van der Waals surface area (Å²) >= 11 is 0. The standard InChI is InChI=1S/C9H14N2O4/c1-10-6-8(13)11(4-2-7(10)12)5-3-9(14)15/h2-6H2,1H3,(H,14,15). The van der Waals surface area contributed by atoms with Crippen LogP contribution in [0, 0.1) is 0 Å². The van der Waals surface area contributed by atoms with E-state index in [2.05, 4.69) is 0 Å². The summed E-state index contributed by atoms with van der Waals surface area (Å²) in [5.74, 6) is -1.21. The van der Waals surface area contributed by atoms with Gasteiger partial charge in [-0.3, -0.25) is 14.4 Å². The van der Waals surface area contributed by atoms with Gasteiger partial charge < -0.3 is 14.9 Å². The Morgan fingerprint density at radius 3 is 2.67 bits per heavy atom. The number of amides is 2. The molecular formula is C9H14N2O4. The molecule has 84 valence electrons. The van der Waals surface area contributed by atoms with E-state index < -0.39 is 5.97 Å². The Kier molecular flexibility index (Phi) is 3.65. The monoisotopic (exact) mass is 214 g/mol. The second-order valence-electron chi connectivity index (χ2n) is 3.52. The van der Waals surface area contributed by atoms with E-state index in [1.807, 2.05) is 0 Å². The molecule has 0 radical (unpaired) electrons. The van der Waals surface area contributed by atoms with Crippen LogP contribution in [0.2, 0.25) is 0 Å². The third kappa shape index (κ3) is 3.23. The number of hydrogen-bond acceptors (Lipinski definition) is 3. The number of rotatable bonds is 3. The predicted molar refractivity (Wildman–Crippen MR) is 51.1 cm³/mol. The van der Waals surface area contributed by atoms with Crippen molar-refractivity contribution in [3.63, 3.8) is 0 Å². The SMILES string of the molecule is CN1CC(=O)N(CCC(=O)O)CCC1=O. The Morgan fingerprint density at radius 1 is 1.40 bits per heavy atom. The normalized spacial score (nSPS) is 17.9. The van der Waals surface area contributed by atoms with E-state index in [-0.39, 0.29) is 37.7 Å². The fourth-order valence-electron chi connectivity index (χ4n) is 1.40. The van der Waals surface area contributed by atoms with Crippen LogP contribution in [0.1, 0.15) is 12.8 Å². The summed E-state index contributed by atoms with van der Waals surface area (Å²) < 4.78 is 0. The average Bonchev–Trinajstić information content (AvgIpc) is 2.26. The number of carboxylic acid groups (broad SMARTS) is 1. The summed E-state index contributed by atoms with van der Waals surface area (Å²) in [6, 6.07) is 0. The van der Waals surface area contributed by atoms with E-state index in [9.17, 15) is 14.4 Å². The fraction of sp³-hybridized carbons (Fsp3) is 0.667. The zero-order valence-electron chi connectivity index (χ0n) is 8.60. The fourth-order valence-corrected chi connectivity index (χ4v) is 1.40. The minimum atomic E-state index is -0.938. The molecule has 2 amide bonds. The molecule has 0 atom stereocenters. The minimum absolute atomic E-state index is 0.0401. The maximum absolute atomic E-state index is 11.5. The number of likely N-dealkylation sites (N-methyl/N-ethyl adjacent to an activating group) is 1. The smallest absolute Gasteiger partial charge is 0.305 e. The Hall–Kier alpha value is -1.59. The van der Waals surface area contributed by atoms with Crippen molar-refractivity contribution in [1.29, 1.82) is 0 Å². The molecule has 6 heteroatoms. The van der Waals surface area contributed by atoms with Gasteiger partial charge in [0.05, 0.1) is 13.0 Å². The van der Waals surface area contributed by atoms with Gasteiger partial charge >= 0.3 is 5.97 Å². The predicted octanol–water partition coefficient (Wildman–Crippen LogP) is -0.848. The highest BCUT2D eigenvalue weighted by Gasteiger charge is 2.23. The van der Waals surface area contributed by atoms with Crippen LogP contribution >= 0.6 is 0 Å². The first-order valence-electron chi connectivity index (χ1n) is 4.74. The van der Waals surface area contributed by atoms with Crippen molar-refractivity contribution in [2.24, 2.45) is 0 Å². The first kappa shape index (κ1) is 11.5. The summed E-state index contributed by atoms with van der Waals surface area (Å²) in [6.07, 6.45) is 0.186. The molecule has 0 saturated carbocycles. The van der Waals surface area contributed by atoms with Crippen LogP contribution in [0.15, 0.2) is 0 Å². The molecule has 0 aromatic heterocycles. The summed E-state index contributed by atoms with van der Waals surface area (Å²) in [5.41, 5.74) is 0. The lowest BCUT2D eigenvalue weighted by molar-refractivity contribution is -0.139. The van der Waals surface area contributed by atoms with Gasteiger partial charge in [0, 0.05) is 26.6 Å². The lowest BCUT2D eigenvalue weighted by Gasteiger charge is -2.19. The molecule has 0 spiro atoms. The molecule has 1 heterocycles. The number of nitrogens with zero attached hydrogens (tertiary/aromatic N) is 2. The summed E-state index contributed by atoms with van der Waals surface area (Å²) in [5, 5.41) is 8.49. The molecule has 0 aromatic carbocycles. The first-order valence-corrected chi connectivity index (χ1v) is 4.74. The number of carboxylic acids is 1. The molecule has 6 nitrogen and oxygen atoms in total. The zero-order valence-corrected chi connectivity index (χ0v) is 8.60. The van der Waals surface area contributed by atoms with Crippen molar-refractivity contribution < 1.29 is 19.5 Å². The van der Waals surface area contributed by atoms with E-state index in [1.165, 1.54) is 9.80 Å². The number of carbonyl (C=O) groups excluding carboxylic acids is 2. The summed E-state index contributed by atoms with van der Waals surface area (Å²) in [6.45, 7) is 0.531. The topological polar surface area (TPSA) is 77.9 Å². The highest BCUT2D eigenvalue weighted by Crippen LogP contribution is 2.04. The zero-order chi connectivity index (χ0) is 11.4. The van der Waals surface area contributed by atoms with Crippen molar-refractivity contribution in [2.75, 3.05) is 26.7 Å². The summed E-state index contributed by atoms with van der Waals surface area (Å²) in [4.78, 5) is 35.9. The first-order chi connectivity index (χ1) is 7.00. The van der Waals surface area contributed by atoms with Gasteiger partial charge in [-0.1, -0.05) is 0 Å². The van der Waals surface area contributed by atoms with E-state index in [1.54, 1.807) is 7.05 Å². The molecule has 1 rings (SSSR count). The Morgan fingerprint density at radius 2 is 2.07 bits per heavy atom. The van der Waals surface area contributed by atoms with E-state index in [0.717, 1.165) is 0 Å². The van der Waals surface area contributed by atoms with Crippen LogP contribution in [0.4, 0.5) is 0 Å². The maximum Gasteiger partial charge on any atom is 0.305 e. The van der Waals surface area contributed by atoms with Gasteiger partial charge in [-0.2, -0.15) is 0 Å². The Balaban J connectivity index is 2.54. The van der Waals surface area contributed by atoms with E-state index in [4.69, 9.17) is 5.11 Å². The van der Waals surface area contributed by atoms with Crippen LogP contribution in [0.5, 0.6) is 0 Å². The molecular weight excluding hydrogens is 200 g/mol. The number of carbonyl (C=O) groups is 3. The maximum atomic E-state index is 11.5. The van der Waals surface area contributed by atoms with Crippen molar-refractivity contribution in [1.82, 2.24) is 9.80 Å². The van der Waals surface area contributed by atoms with Crippen molar-refractivity contribution in [3.8, 4) is 0 Å². The quantitative estimate of drug-likeness (QED) is 0.664. The average molecular weight is 214 g/mol. The Labute approximate surface area is 87.5 Å². The third-order valence-electron chi connectivity index (χ3n) is 2.34. The van der Waals surface area contributed by atoms with Crippen LogP contribution in [0.25, 0.3) is 0 Å².